The third kappa shape index (κ3) is 2.84. The molecule has 2 aromatic rings. The molecule has 5 nitrogen and oxygen atoms in total. The number of nitrogen functional groups attached to an aromatic ring is 1. The number of hydrogen-bond acceptors (Lipinski definition) is 5. The lowest BCUT2D eigenvalue weighted by Crippen LogP contribution is -2.05. The smallest absolute Gasteiger partial charge is 0.243 e. The summed E-state index contributed by atoms with van der Waals surface area (Å²) in [6.07, 6.45) is 0.895. The number of halogens is 1. The van der Waals surface area contributed by atoms with Gasteiger partial charge in [0.15, 0.2) is 0 Å². The lowest BCUT2D eigenvalue weighted by molar-refractivity contribution is 1.00. The van der Waals surface area contributed by atoms with Crippen molar-refractivity contribution in [1.82, 2.24) is 15.2 Å². The van der Waals surface area contributed by atoms with Gasteiger partial charge in [0, 0.05) is 11.4 Å². The predicted octanol–water partition coefficient (Wildman–Crippen LogP) is 1.76. The Bertz CT molecular complexity index is 397. The summed E-state index contributed by atoms with van der Waals surface area (Å²) in [7, 11) is 0. The summed E-state index contributed by atoms with van der Waals surface area (Å²) in [5, 5.41) is 9.47. The minimum absolute atomic E-state index is 0.316. The number of nitrogens with two attached hydrogens (primary N) is 1. The average molecular weight is 244 g/mol. The van der Waals surface area contributed by atoms with Crippen LogP contribution in [-0.4, -0.2) is 21.7 Å². The number of rotatable bonds is 4. The highest BCUT2D eigenvalue weighted by Gasteiger charge is 2.00. The summed E-state index contributed by atoms with van der Waals surface area (Å²) >= 11 is 7.39. The molecule has 0 unspecified atom stereocenters. The van der Waals surface area contributed by atoms with E-state index in [9.17, 15) is 0 Å². The van der Waals surface area contributed by atoms with Crippen LogP contribution in [0.25, 0.3) is 0 Å². The van der Waals surface area contributed by atoms with Crippen LogP contribution in [0, 0.1) is 0 Å². The van der Waals surface area contributed by atoms with Gasteiger partial charge in [0.2, 0.25) is 11.9 Å². The number of nitrogens with zero attached hydrogens (tertiary/aromatic N) is 2. The maximum Gasteiger partial charge on any atom is 0.243 e. The van der Waals surface area contributed by atoms with E-state index < -0.39 is 0 Å². The Balaban J connectivity index is 1.80. The monoisotopic (exact) mass is 243 g/mol. The minimum atomic E-state index is 0.316. The number of hydrogen-bond donors (Lipinski definition) is 3. The summed E-state index contributed by atoms with van der Waals surface area (Å²) in [5.41, 5.74) is 5.38. The highest BCUT2D eigenvalue weighted by atomic mass is 35.5. The quantitative estimate of drug-likeness (QED) is 0.765. The van der Waals surface area contributed by atoms with E-state index in [2.05, 4.69) is 20.5 Å². The summed E-state index contributed by atoms with van der Waals surface area (Å²) < 4.78 is 0.812. The topological polar surface area (TPSA) is 79.6 Å². The summed E-state index contributed by atoms with van der Waals surface area (Å²) in [5.74, 6) is 0.840. The molecular formula is C8H10ClN5S. The Morgan fingerprint density at radius 2 is 2.40 bits per heavy atom. The maximum atomic E-state index is 5.81. The molecular weight excluding hydrogens is 234 g/mol. The lowest BCUT2D eigenvalue weighted by atomic mass is 10.3. The van der Waals surface area contributed by atoms with Gasteiger partial charge >= 0.3 is 0 Å². The van der Waals surface area contributed by atoms with Crippen molar-refractivity contribution in [2.24, 2.45) is 0 Å². The van der Waals surface area contributed by atoms with Gasteiger partial charge in [-0.15, -0.1) is 16.4 Å². The van der Waals surface area contributed by atoms with Crippen LogP contribution in [0.4, 0.5) is 11.9 Å². The normalized spacial score (nSPS) is 10.5. The Morgan fingerprint density at radius 1 is 1.53 bits per heavy atom. The fourth-order valence-electron chi connectivity index (χ4n) is 1.14. The minimum Gasteiger partial charge on any atom is -0.368 e. The van der Waals surface area contributed by atoms with Crippen molar-refractivity contribution in [3.8, 4) is 0 Å². The Kier molecular flexibility index (Phi) is 3.08. The molecule has 0 atom stereocenters. The first-order chi connectivity index (χ1) is 7.24. The van der Waals surface area contributed by atoms with Crippen molar-refractivity contribution in [3.05, 3.63) is 21.3 Å². The Labute approximate surface area is 95.7 Å². The second kappa shape index (κ2) is 4.50. The first-order valence-electron chi connectivity index (χ1n) is 4.40. The zero-order valence-electron chi connectivity index (χ0n) is 7.83. The lowest BCUT2D eigenvalue weighted by Gasteiger charge is -1.98. The molecule has 0 amide bonds. The van der Waals surface area contributed by atoms with Gasteiger partial charge in [0.05, 0.1) is 4.34 Å². The van der Waals surface area contributed by atoms with Gasteiger partial charge in [0.25, 0.3) is 0 Å². The van der Waals surface area contributed by atoms with Crippen molar-refractivity contribution < 1.29 is 0 Å². The zero-order valence-corrected chi connectivity index (χ0v) is 9.40. The summed E-state index contributed by atoms with van der Waals surface area (Å²) in [6, 6.07) is 3.91. The molecule has 0 aliphatic heterocycles. The number of anilines is 2. The van der Waals surface area contributed by atoms with Gasteiger partial charge < -0.3 is 11.1 Å². The average Bonchev–Trinajstić information content (AvgIpc) is 2.76. The number of aromatic nitrogens is 3. The van der Waals surface area contributed by atoms with Crippen molar-refractivity contribution in [3.63, 3.8) is 0 Å². The van der Waals surface area contributed by atoms with Gasteiger partial charge in [-0.2, -0.15) is 4.98 Å². The van der Waals surface area contributed by atoms with Crippen LogP contribution in [0.5, 0.6) is 0 Å². The molecule has 2 rings (SSSR count). The van der Waals surface area contributed by atoms with Crippen molar-refractivity contribution in [1.29, 1.82) is 0 Å². The molecule has 0 spiro atoms. The molecule has 0 aromatic carbocycles. The van der Waals surface area contributed by atoms with Crippen LogP contribution in [-0.2, 0) is 6.42 Å². The molecule has 0 saturated heterocycles. The number of H-pyrrole nitrogens is 1. The first-order valence-corrected chi connectivity index (χ1v) is 5.59. The molecule has 80 valence electrons. The number of aromatic amines is 1. The van der Waals surface area contributed by atoms with E-state index in [-0.39, 0.29) is 0 Å². The molecule has 0 aliphatic rings. The molecule has 0 aliphatic carbocycles. The molecule has 4 N–H and O–H groups in total. The summed E-state index contributed by atoms with van der Waals surface area (Å²) in [6.45, 7) is 0.758. The maximum absolute atomic E-state index is 5.81. The van der Waals surface area contributed by atoms with Crippen LogP contribution in [0.2, 0.25) is 4.34 Å². The van der Waals surface area contributed by atoms with E-state index in [1.54, 1.807) is 11.3 Å². The van der Waals surface area contributed by atoms with Crippen LogP contribution in [0.15, 0.2) is 12.1 Å². The second-order valence-corrected chi connectivity index (χ2v) is 4.73. The standard InChI is InChI=1S/C8H10ClN5S/c9-6-2-1-5(15-6)3-4-11-8-12-7(10)13-14-8/h1-2H,3-4H2,(H4,10,11,12,13,14). The molecule has 2 aromatic heterocycles. The molecule has 7 heteroatoms. The predicted molar refractivity (Wildman–Crippen MR) is 62.3 cm³/mol. The van der Waals surface area contributed by atoms with Crippen LogP contribution in [0.1, 0.15) is 4.88 Å². The third-order valence-corrected chi connectivity index (χ3v) is 3.08. The largest absolute Gasteiger partial charge is 0.368 e. The number of thiophene rings is 1. The van der Waals surface area contributed by atoms with Crippen LogP contribution >= 0.6 is 22.9 Å². The van der Waals surface area contributed by atoms with E-state index in [4.69, 9.17) is 17.3 Å². The highest BCUT2D eigenvalue weighted by molar-refractivity contribution is 7.16. The van der Waals surface area contributed by atoms with E-state index in [0.29, 0.717) is 11.9 Å². The van der Waals surface area contributed by atoms with E-state index >= 15 is 0 Å². The van der Waals surface area contributed by atoms with Gasteiger partial charge in [-0.05, 0) is 18.6 Å². The molecule has 15 heavy (non-hydrogen) atoms. The van der Waals surface area contributed by atoms with E-state index in [1.165, 1.54) is 4.88 Å². The van der Waals surface area contributed by atoms with Gasteiger partial charge in [0.1, 0.15) is 0 Å². The van der Waals surface area contributed by atoms with E-state index in [1.807, 2.05) is 12.1 Å². The third-order valence-electron chi connectivity index (χ3n) is 1.79. The molecule has 0 saturated carbocycles. The van der Waals surface area contributed by atoms with Crippen molar-refractivity contribution >= 4 is 34.8 Å². The fraction of sp³-hybridized carbons (Fsp3) is 0.250. The Morgan fingerprint density at radius 3 is 3.00 bits per heavy atom. The SMILES string of the molecule is Nc1nc(NCCc2ccc(Cl)s2)n[nH]1. The van der Waals surface area contributed by atoms with Gasteiger partial charge in [-0.1, -0.05) is 11.6 Å². The fourth-order valence-corrected chi connectivity index (χ4v) is 2.22. The van der Waals surface area contributed by atoms with Crippen molar-refractivity contribution in [2.45, 2.75) is 6.42 Å². The summed E-state index contributed by atoms with van der Waals surface area (Å²) in [4.78, 5) is 5.16. The Hall–Kier alpha value is -1.27. The molecule has 0 bridgehead atoms. The van der Waals surface area contributed by atoms with E-state index in [0.717, 1.165) is 17.3 Å². The molecule has 0 radical (unpaired) electrons. The van der Waals surface area contributed by atoms with Crippen LogP contribution in [0.3, 0.4) is 0 Å². The first kappa shape index (κ1) is 10.3. The second-order valence-electron chi connectivity index (χ2n) is 2.93. The van der Waals surface area contributed by atoms with Gasteiger partial charge in [-0.25, -0.2) is 5.10 Å². The highest BCUT2D eigenvalue weighted by Crippen LogP contribution is 2.21. The van der Waals surface area contributed by atoms with Crippen molar-refractivity contribution in [2.75, 3.05) is 17.6 Å². The zero-order chi connectivity index (χ0) is 10.7. The number of nitrogens with one attached hydrogen (secondary N) is 2. The molecule has 2 heterocycles. The molecule has 0 fully saturated rings. The van der Waals surface area contributed by atoms with Crippen LogP contribution < -0.4 is 11.1 Å². The van der Waals surface area contributed by atoms with Gasteiger partial charge in [-0.3, -0.25) is 0 Å².